The lowest BCUT2D eigenvalue weighted by Crippen LogP contribution is -2.01. The summed E-state index contributed by atoms with van der Waals surface area (Å²) in [5.41, 5.74) is 2.32. The highest BCUT2D eigenvalue weighted by Gasteiger charge is 2.17. The molecule has 27 heavy (non-hydrogen) atoms. The van der Waals surface area contributed by atoms with Crippen molar-refractivity contribution >= 4 is 28.6 Å². The minimum atomic E-state index is -0.370. The Morgan fingerprint density at radius 3 is 2.70 bits per heavy atom. The molecule has 7 heteroatoms. The summed E-state index contributed by atoms with van der Waals surface area (Å²) in [4.78, 5) is 17.7. The van der Waals surface area contributed by atoms with Gasteiger partial charge in [0, 0.05) is 27.6 Å². The number of aromatic nitrogens is 3. The molecule has 0 aliphatic heterocycles. The van der Waals surface area contributed by atoms with E-state index in [0.717, 1.165) is 16.5 Å². The second-order valence-electron chi connectivity index (χ2n) is 5.92. The van der Waals surface area contributed by atoms with Crippen molar-refractivity contribution in [2.24, 2.45) is 0 Å². The summed E-state index contributed by atoms with van der Waals surface area (Å²) < 4.78 is 12.2. The first-order valence-electron chi connectivity index (χ1n) is 8.33. The van der Waals surface area contributed by atoms with E-state index in [9.17, 15) is 4.79 Å². The number of carbonyl (C=O) groups is 1. The van der Waals surface area contributed by atoms with E-state index in [1.807, 2.05) is 59.4 Å². The molecule has 0 unspecified atom stereocenters. The van der Waals surface area contributed by atoms with Crippen LogP contribution in [0.3, 0.4) is 0 Å². The number of methoxy groups -OCH3 is 1. The predicted molar refractivity (Wildman–Crippen MR) is 104 cm³/mol. The lowest BCUT2D eigenvalue weighted by molar-refractivity contribution is 0.0602. The van der Waals surface area contributed by atoms with E-state index in [1.165, 1.54) is 12.0 Å². The third-order valence-electron chi connectivity index (χ3n) is 4.32. The van der Waals surface area contributed by atoms with Crippen LogP contribution in [-0.2, 0) is 11.3 Å². The SMILES string of the molecule is COC(=O)c1cn(Cc2nc(-c3ccc(SC)cc3)no2)c2ccccc12. The van der Waals surface area contributed by atoms with Gasteiger partial charge in [-0.25, -0.2) is 4.79 Å². The van der Waals surface area contributed by atoms with E-state index < -0.39 is 0 Å². The molecule has 4 aromatic rings. The van der Waals surface area contributed by atoms with Gasteiger partial charge in [-0.05, 0) is 36.6 Å². The number of ether oxygens (including phenoxy) is 1. The van der Waals surface area contributed by atoms with Crippen LogP contribution < -0.4 is 0 Å². The molecule has 0 saturated carbocycles. The highest BCUT2D eigenvalue weighted by Crippen LogP contribution is 2.24. The van der Waals surface area contributed by atoms with Gasteiger partial charge in [0.25, 0.3) is 0 Å². The molecule has 2 aromatic heterocycles. The van der Waals surface area contributed by atoms with E-state index in [-0.39, 0.29) is 5.97 Å². The van der Waals surface area contributed by atoms with Crippen molar-refractivity contribution in [3.63, 3.8) is 0 Å². The van der Waals surface area contributed by atoms with Crippen LogP contribution in [0.4, 0.5) is 0 Å². The maximum absolute atomic E-state index is 12.0. The monoisotopic (exact) mass is 379 g/mol. The summed E-state index contributed by atoms with van der Waals surface area (Å²) in [5.74, 6) is 0.642. The summed E-state index contributed by atoms with van der Waals surface area (Å²) >= 11 is 1.68. The normalized spacial score (nSPS) is 11.0. The molecule has 136 valence electrons. The number of thioether (sulfide) groups is 1. The fraction of sp³-hybridized carbons (Fsp3) is 0.150. The third-order valence-corrected chi connectivity index (χ3v) is 5.06. The lowest BCUT2D eigenvalue weighted by Gasteiger charge is -2.00. The van der Waals surface area contributed by atoms with Crippen LogP contribution in [0.1, 0.15) is 16.2 Å². The Bertz CT molecular complexity index is 1100. The fourth-order valence-electron chi connectivity index (χ4n) is 2.97. The minimum Gasteiger partial charge on any atom is -0.465 e. The van der Waals surface area contributed by atoms with Gasteiger partial charge in [0.05, 0.1) is 12.7 Å². The predicted octanol–water partition coefficient (Wildman–Crippen LogP) is 4.25. The second-order valence-corrected chi connectivity index (χ2v) is 6.80. The molecule has 0 N–H and O–H groups in total. The molecular formula is C20H17N3O3S. The highest BCUT2D eigenvalue weighted by molar-refractivity contribution is 7.98. The van der Waals surface area contributed by atoms with Gasteiger partial charge in [-0.2, -0.15) is 4.98 Å². The first kappa shape index (κ1) is 17.4. The molecule has 0 spiro atoms. The minimum absolute atomic E-state index is 0.368. The molecule has 0 saturated heterocycles. The Hall–Kier alpha value is -3.06. The van der Waals surface area contributed by atoms with Gasteiger partial charge in [0.1, 0.15) is 6.54 Å². The van der Waals surface area contributed by atoms with Crippen LogP contribution in [-0.4, -0.2) is 34.0 Å². The van der Waals surface area contributed by atoms with Gasteiger partial charge in [0.15, 0.2) is 0 Å². The van der Waals surface area contributed by atoms with Crippen LogP contribution >= 0.6 is 11.8 Å². The Kier molecular flexibility index (Phi) is 4.68. The average Bonchev–Trinajstić information content (AvgIpc) is 3.33. The van der Waals surface area contributed by atoms with Crippen LogP contribution in [0.15, 0.2) is 64.1 Å². The number of benzene rings is 2. The highest BCUT2D eigenvalue weighted by atomic mass is 32.2. The first-order chi connectivity index (χ1) is 13.2. The standard InChI is InChI=1S/C20H17N3O3S/c1-25-20(24)16-11-23(17-6-4-3-5-15(16)17)12-18-21-19(22-26-18)13-7-9-14(27-2)10-8-13/h3-11H,12H2,1-2H3. The zero-order chi connectivity index (χ0) is 18.8. The lowest BCUT2D eigenvalue weighted by atomic mass is 10.2. The van der Waals surface area contributed by atoms with Crippen molar-refractivity contribution in [2.45, 2.75) is 11.4 Å². The van der Waals surface area contributed by atoms with Gasteiger partial charge in [-0.3, -0.25) is 0 Å². The average molecular weight is 379 g/mol. The number of hydrogen-bond donors (Lipinski definition) is 0. The van der Waals surface area contributed by atoms with E-state index in [0.29, 0.717) is 23.8 Å². The van der Waals surface area contributed by atoms with Crippen LogP contribution in [0, 0.1) is 0 Å². The molecule has 0 aliphatic carbocycles. The number of fused-ring (bicyclic) bond motifs is 1. The number of esters is 1. The van der Waals surface area contributed by atoms with Crippen molar-refractivity contribution in [1.82, 2.24) is 14.7 Å². The molecule has 0 radical (unpaired) electrons. The molecule has 6 nitrogen and oxygen atoms in total. The summed E-state index contributed by atoms with van der Waals surface area (Å²) in [6.45, 7) is 0.368. The van der Waals surface area contributed by atoms with Gasteiger partial charge >= 0.3 is 5.97 Å². The Balaban J connectivity index is 1.65. The molecule has 0 fully saturated rings. The zero-order valence-electron chi connectivity index (χ0n) is 14.9. The number of hydrogen-bond acceptors (Lipinski definition) is 6. The number of rotatable bonds is 5. The molecule has 2 heterocycles. The van der Waals surface area contributed by atoms with Crippen LogP contribution in [0.25, 0.3) is 22.3 Å². The summed E-state index contributed by atoms with van der Waals surface area (Å²) in [6.07, 6.45) is 3.79. The van der Waals surface area contributed by atoms with Gasteiger partial charge < -0.3 is 13.8 Å². The van der Waals surface area contributed by atoms with Crippen molar-refractivity contribution in [3.05, 3.63) is 66.2 Å². The molecule has 2 aromatic carbocycles. The van der Waals surface area contributed by atoms with Gasteiger partial charge in [0.2, 0.25) is 11.7 Å². The van der Waals surface area contributed by atoms with Crippen molar-refractivity contribution in [1.29, 1.82) is 0 Å². The Labute approximate surface area is 160 Å². The van der Waals surface area contributed by atoms with Gasteiger partial charge in [-0.1, -0.05) is 23.4 Å². The van der Waals surface area contributed by atoms with E-state index in [2.05, 4.69) is 10.1 Å². The van der Waals surface area contributed by atoms with Gasteiger partial charge in [-0.15, -0.1) is 11.8 Å². The van der Waals surface area contributed by atoms with Crippen molar-refractivity contribution in [3.8, 4) is 11.4 Å². The summed E-state index contributed by atoms with van der Waals surface area (Å²) in [5, 5.41) is 4.91. The maximum atomic E-state index is 12.0. The van der Waals surface area contributed by atoms with Crippen LogP contribution in [0.2, 0.25) is 0 Å². The summed E-state index contributed by atoms with van der Waals surface area (Å²) in [7, 11) is 1.38. The zero-order valence-corrected chi connectivity index (χ0v) is 15.7. The molecule has 0 aliphatic rings. The van der Waals surface area contributed by atoms with E-state index >= 15 is 0 Å². The quantitative estimate of drug-likeness (QED) is 0.381. The number of para-hydroxylation sites is 1. The molecule has 0 amide bonds. The topological polar surface area (TPSA) is 70.2 Å². The second kappa shape index (κ2) is 7.28. The smallest absolute Gasteiger partial charge is 0.340 e. The number of nitrogens with zero attached hydrogens (tertiary/aromatic N) is 3. The molecule has 0 atom stereocenters. The van der Waals surface area contributed by atoms with E-state index in [1.54, 1.807) is 18.0 Å². The Morgan fingerprint density at radius 2 is 1.96 bits per heavy atom. The molecule has 4 rings (SSSR count). The fourth-order valence-corrected chi connectivity index (χ4v) is 3.38. The third kappa shape index (κ3) is 3.33. The number of carbonyl (C=O) groups excluding carboxylic acids is 1. The summed E-state index contributed by atoms with van der Waals surface area (Å²) in [6, 6.07) is 15.7. The first-order valence-corrected chi connectivity index (χ1v) is 9.55. The largest absolute Gasteiger partial charge is 0.465 e. The molecule has 0 bridgehead atoms. The Morgan fingerprint density at radius 1 is 1.19 bits per heavy atom. The van der Waals surface area contributed by atoms with Crippen LogP contribution in [0.5, 0.6) is 0 Å². The molecular weight excluding hydrogens is 362 g/mol. The van der Waals surface area contributed by atoms with Crippen molar-refractivity contribution < 1.29 is 14.1 Å². The maximum Gasteiger partial charge on any atom is 0.340 e. The van der Waals surface area contributed by atoms with Crippen molar-refractivity contribution in [2.75, 3.05) is 13.4 Å². The van der Waals surface area contributed by atoms with E-state index in [4.69, 9.17) is 9.26 Å².